The Balaban J connectivity index is 1.52. The first kappa shape index (κ1) is 22.4. The van der Waals surface area contributed by atoms with Crippen LogP contribution in [0.3, 0.4) is 0 Å². The second-order valence-corrected chi connectivity index (χ2v) is 11.4. The molecule has 2 unspecified atom stereocenters. The summed E-state index contributed by atoms with van der Waals surface area (Å²) in [7, 11) is -12.4. The van der Waals surface area contributed by atoms with Gasteiger partial charge in [0.15, 0.2) is 12.0 Å². The zero-order chi connectivity index (χ0) is 21.9. The summed E-state index contributed by atoms with van der Waals surface area (Å²) in [6, 6.07) is 1.13. The SMILES string of the molecule is CC1(C)O[C@@H]2[C@H](O1)[C@@H](COP1OP(=O)(O)OP(=O)(O)O1)O[C@H]2n1ccc(=O)[nH]c1=O. The first-order valence-corrected chi connectivity index (χ1v) is 12.4. The summed E-state index contributed by atoms with van der Waals surface area (Å²) in [4.78, 5) is 44.3. The van der Waals surface area contributed by atoms with E-state index in [1.165, 1.54) is 6.20 Å². The maximum atomic E-state index is 12.2. The molecule has 3 aliphatic heterocycles. The number of nitrogens with one attached hydrogen (secondary N) is 1. The van der Waals surface area contributed by atoms with Crippen LogP contribution in [0.15, 0.2) is 21.9 Å². The lowest BCUT2D eigenvalue weighted by molar-refractivity contribution is -0.200. The van der Waals surface area contributed by atoms with Crippen molar-refractivity contribution in [1.29, 1.82) is 0 Å². The van der Waals surface area contributed by atoms with E-state index in [1.807, 2.05) is 0 Å². The van der Waals surface area contributed by atoms with Crippen molar-refractivity contribution in [1.82, 2.24) is 9.55 Å². The number of ether oxygens (including phenoxy) is 3. The zero-order valence-electron chi connectivity index (χ0n) is 15.3. The van der Waals surface area contributed by atoms with Crippen molar-refractivity contribution in [3.05, 3.63) is 33.1 Å². The molecule has 4 heterocycles. The molecular weight excluding hydrogens is 473 g/mol. The van der Waals surface area contributed by atoms with E-state index in [-0.39, 0.29) is 6.61 Å². The first-order valence-electron chi connectivity index (χ1n) is 8.36. The van der Waals surface area contributed by atoms with E-state index >= 15 is 0 Å². The third kappa shape index (κ3) is 4.68. The Labute approximate surface area is 169 Å². The van der Waals surface area contributed by atoms with Crippen molar-refractivity contribution >= 4 is 24.2 Å². The lowest BCUT2D eigenvalue weighted by atomic mass is 10.1. The Morgan fingerprint density at radius 3 is 2.47 bits per heavy atom. The van der Waals surface area contributed by atoms with Crippen LogP contribution in [-0.4, -0.2) is 50.0 Å². The minimum Gasteiger partial charge on any atom is -0.346 e. The van der Waals surface area contributed by atoms with Gasteiger partial charge in [0.1, 0.15) is 18.3 Å². The summed E-state index contributed by atoms with van der Waals surface area (Å²) in [6.07, 6.45) is -2.17. The van der Waals surface area contributed by atoms with Crippen LogP contribution in [0.4, 0.5) is 0 Å². The summed E-state index contributed by atoms with van der Waals surface area (Å²) >= 11 is 0. The fraction of sp³-hybridized carbons (Fsp3) is 0.667. The molecular formula is C12H17N2O13P3. The van der Waals surface area contributed by atoms with Gasteiger partial charge in [-0.3, -0.25) is 14.3 Å². The van der Waals surface area contributed by atoms with Crippen molar-refractivity contribution in [3.8, 4) is 0 Å². The van der Waals surface area contributed by atoms with Gasteiger partial charge in [-0.1, -0.05) is 0 Å². The van der Waals surface area contributed by atoms with E-state index in [0.29, 0.717) is 0 Å². The van der Waals surface area contributed by atoms with Crippen LogP contribution in [0, 0.1) is 0 Å². The van der Waals surface area contributed by atoms with E-state index in [2.05, 4.69) is 17.9 Å². The lowest BCUT2D eigenvalue weighted by Crippen LogP contribution is -2.37. The van der Waals surface area contributed by atoms with E-state index in [1.54, 1.807) is 13.8 Å². The number of nitrogens with zero attached hydrogens (tertiary/aromatic N) is 1. The number of phosphoric acid groups is 2. The highest BCUT2D eigenvalue weighted by Crippen LogP contribution is 2.76. The van der Waals surface area contributed by atoms with Crippen molar-refractivity contribution in [2.75, 3.05) is 6.61 Å². The highest BCUT2D eigenvalue weighted by molar-refractivity contribution is 7.72. The minimum atomic E-state index is -4.85. The molecule has 3 saturated heterocycles. The molecule has 0 aliphatic carbocycles. The number of aromatic amines is 1. The van der Waals surface area contributed by atoms with Crippen LogP contribution in [-0.2, 0) is 40.8 Å². The molecule has 168 valence electrons. The normalized spacial score (nSPS) is 42.9. The van der Waals surface area contributed by atoms with Crippen LogP contribution in [0.25, 0.3) is 0 Å². The Bertz CT molecular complexity index is 1010. The van der Waals surface area contributed by atoms with Gasteiger partial charge in [-0.05, 0) is 13.8 Å². The van der Waals surface area contributed by atoms with E-state index in [4.69, 9.17) is 18.7 Å². The monoisotopic (exact) mass is 490 g/mol. The molecule has 1 aromatic heterocycles. The van der Waals surface area contributed by atoms with Crippen LogP contribution in [0.1, 0.15) is 20.1 Å². The average molecular weight is 490 g/mol. The molecule has 3 fully saturated rings. The average Bonchev–Trinajstić information content (AvgIpc) is 3.04. The Hall–Kier alpha value is -0.790. The second-order valence-electron chi connectivity index (χ2n) is 6.85. The topological polar surface area (TPSA) is 194 Å². The Morgan fingerprint density at radius 1 is 1.20 bits per heavy atom. The summed E-state index contributed by atoms with van der Waals surface area (Å²) < 4.78 is 59.7. The molecule has 3 aliphatic rings. The third-order valence-corrected chi connectivity index (χ3v) is 8.87. The number of hydrogen-bond donors (Lipinski definition) is 3. The Kier molecular flexibility index (Phi) is 5.72. The highest BCUT2D eigenvalue weighted by Gasteiger charge is 2.57. The summed E-state index contributed by atoms with van der Waals surface area (Å²) in [5, 5.41) is 0. The van der Waals surface area contributed by atoms with Gasteiger partial charge in [0, 0.05) is 12.3 Å². The molecule has 1 aromatic rings. The molecule has 30 heavy (non-hydrogen) atoms. The lowest BCUT2D eigenvalue weighted by Gasteiger charge is -2.28. The molecule has 6 atom stereocenters. The smallest absolute Gasteiger partial charge is 0.346 e. The largest absolute Gasteiger partial charge is 0.488 e. The second kappa shape index (κ2) is 7.66. The molecule has 4 rings (SSSR count). The van der Waals surface area contributed by atoms with E-state index < -0.39 is 65.8 Å². The maximum absolute atomic E-state index is 12.2. The Morgan fingerprint density at radius 2 is 1.83 bits per heavy atom. The van der Waals surface area contributed by atoms with Gasteiger partial charge in [0.2, 0.25) is 0 Å². The molecule has 0 radical (unpaired) electrons. The van der Waals surface area contributed by atoms with Gasteiger partial charge in [-0.2, -0.15) is 4.31 Å². The van der Waals surface area contributed by atoms with Gasteiger partial charge in [0.25, 0.3) is 5.56 Å². The molecule has 0 amide bonds. The van der Waals surface area contributed by atoms with Crippen LogP contribution >= 0.6 is 24.2 Å². The first-order chi connectivity index (χ1) is 13.8. The standard InChI is InChI=1S/C12H17N2O13P3/c1-12(2)23-8-6(5-21-28-25-29(17,18)27-30(19,20)26-28)22-10(9(8)24-12)14-4-3-7(15)13-11(14)16/h3-4,6,8-10H,5H2,1-2H3,(H,17,18)(H,19,20)(H,13,15,16)/t6-,8-,9-,10-/m1/s1. The quantitative estimate of drug-likeness (QED) is 0.493. The van der Waals surface area contributed by atoms with Crippen LogP contribution in [0.5, 0.6) is 0 Å². The van der Waals surface area contributed by atoms with E-state index in [0.717, 1.165) is 10.6 Å². The number of fused-ring (bicyclic) bond motifs is 1. The maximum Gasteiger partial charge on any atom is 0.488 e. The van der Waals surface area contributed by atoms with E-state index in [9.17, 15) is 28.5 Å². The van der Waals surface area contributed by atoms with Crippen molar-refractivity contribution in [3.63, 3.8) is 0 Å². The minimum absolute atomic E-state index is 0.374. The van der Waals surface area contributed by atoms with Crippen molar-refractivity contribution < 1.29 is 50.6 Å². The fourth-order valence-electron chi connectivity index (χ4n) is 3.17. The predicted molar refractivity (Wildman–Crippen MR) is 94.8 cm³/mol. The van der Waals surface area contributed by atoms with Crippen LogP contribution < -0.4 is 11.2 Å². The van der Waals surface area contributed by atoms with Gasteiger partial charge in [-0.25, -0.2) is 22.5 Å². The van der Waals surface area contributed by atoms with Crippen LogP contribution in [0.2, 0.25) is 0 Å². The summed E-state index contributed by atoms with van der Waals surface area (Å²) in [5.41, 5.74) is -1.32. The van der Waals surface area contributed by atoms with Gasteiger partial charge in [-0.15, -0.1) is 0 Å². The molecule has 18 heteroatoms. The van der Waals surface area contributed by atoms with Crippen molar-refractivity contribution in [2.24, 2.45) is 0 Å². The highest BCUT2D eigenvalue weighted by atomic mass is 31.3. The number of rotatable bonds is 4. The number of H-pyrrole nitrogens is 1. The van der Waals surface area contributed by atoms with Gasteiger partial charge >= 0.3 is 29.9 Å². The third-order valence-electron chi connectivity index (χ3n) is 4.14. The summed E-state index contributed by atoms with van der Waals surface area (Å²) in [6.45, 7) is 2.92. The molecule has 3 N–H and O–H groups in total. The summed E-state index contributed by atoms with van der Waals surface area (Å²) in [5.74, 6) is -1.03. The molecule has 0 bridgehead atoms. The molecule has 0 spiro atoms. The van der Waals surface area contributed by atoms with Gasteiger partial charge in [0.05, 0.1) is 6.61 Å². The number of hydrogen-bond acceptors (Lipinski definition) is 11. The molecule has 0 aromatic carbocycles. The predicted octanol–water partition coefficient (Wildman–Crippen LogP) is 0.462. The van der Waals surface area contributed by atoms with Gasteiger partial charge < -0.3 is 28.5 Å². The van der Waals surface area contributed by atoms with Crippen molar-refractivity contribution in [2.45, 2.75) is 44.2 Å². The number of aromatic nitrogens is 2. The molecule has 0 saturated carbocycles. The zero-order valence-corrected chi connectivity index (χ0v) is 18.0. The fourth-order valence-corrected chi connectivity index (χ4v) is 7.37. The molecule has 15 nitrogen and oxygen atoms in total.